The van der Waals surface area contributed by atoms with Gasteiger partial charge < -0.3 is 15.7 Å². The largest absolute Gasteiger partial charge is 0.477 e. The molecule has 6 heteroatoms. The Labute approximate surface area is 125 Å². The van der Waals surface area contributed by atoms with E-state index >= 15 is 0 Å². The average Bonchev–Trinajstić information content (AvgIpc) is 2.43. The minimum absolute atomic E-state index is 0.00614. The molecule has 2 unspecified atom stereocenters. The van der Waals surface area contributed by atoms with Crippen LogP contribution in [0.3, 0.4) is 0 Å². The molecule has 0 saturated carbocycles. The van der Waals surface area contributed by atoms with Crippen LogP contribution in [0.15, 0.2) is 30.3 Å². The molecule has 2 atom stereocenters. The number of aryl methyl sites for hydroxylation is 1. The quantitative estimate of drug-likeness (QED) is 0.634. The van der Waals surface area contributed by atoms with Gasteiger partial charge in [-0.15, -0.1) is 0 Å². The SMILES string of the molecule is CC(C)C([NH3+])(CCP(=O)(O)CCc1ccccc1)C(=O)O. The monoisotopic (exact) mass is 314 g/mol. The summed E-state index contributed by atoms with van der Waals surface area (Å²) in [7, 11) is -3.34. The third-order valence-electron chi connectivity index (χ3n) is 4.03. The summed E-state index contributed by atoms with van der Waals surface area (Å²) in [4.78, 5) is 21.4. The van der Waals surface area contributed by atoms with Crippen LogP contribution in [0.2, 0.25) is 0 Å². The minimum Gasteiger partial charge on any atom is -0.477 e. The van der Waals surface area contributed by atoms with E-state index in [1.54, 1.807) is 13.8 Å². The van der Waals surface area contributed by atoms with Crippen LogP contribution in [-0.2, 0) is 15.8 Å². The van der Waals surface area contributed by atoms with Crippen LogP contribution in [0.4, 0.5) is 0 Å². The fraction of sp³-hybridized carbons (Fsp3) is 0.533. The van der Waals surface area contributed by atoms with E-state index in [0.717, 1.165) is 5.56 Å². The molecule has 0 amide bonds. The van der Waals surface area contributed by atoms with E-state index in [0.29, 0.717) is 6.42 Å². The zero-order valence-electron chi connectivity index (χ0n) is 12.7. The third-order valence-corrected chi connectivity index (χ3v) is 5.88. The zero-order chi connectivity index (χ0) is 16.1. The molecule has 1 aromatic carbocycles. The van der Waals surface area contributed by atoms with E-state index in [4.69, 9.17) is 0 Å². The number of aliphatic carboxylic acids is 1. The van der Waals surface area contributed by atoms with Crippen molar-refractivity contribution < 1.29 is 25.1 Å². The Kier molecular flexibility index (Phi) is 6.14. The lowest BCUT2D eigenvalue weighted by atomic mass is 9.85. The first-order valence-corrected chi connectivity index (χ1v) is 9.14. The average molecular weight is 314 g/mol. The normalized spacial score (nSPS) is 17.2. The molecule has 0 aliphatic carbocycles. The highest BCUT2D eigenvalue weighted by Crippen LogP contribution is 2.43. The van der Waals surface area contributed by atoms with Gasteiger partial charge in [0.2, 0.25) is 7.37 Å². The Morgan fingerprint density at radius 3 is 2.33 bits per heavy atom. The van der Waals surface area contributed by atoms with Crippen molar-refractivity contribution in [3.8, 4) is 0 Å². The van der Waals surface area contributed by atoms with Crippen LogP contribution in [0.5, 0.6) is 0 Å². The molecule has 1 aromatic rings. The molecule has 1 rings (SSSR count). The predicted octanol–water partition coefficient (Wildman–Crippen LogP) is 1.61. The Bertz CT molecular complexity index is 518. The van der Waals surface area contributed by atoms with Gasteiger partial charge in [-0.3, -0.25) is 4.57 Å². The van der Waals surface area contributed by atoms with Crippen LogP contribution in [0, 0.1) is 5.92 Å². The van der Waals surface area contributed by atoms with Crippen molar-refractivity contribution >= 4 is 13.3 Å². The number of carboxylic acid groups (broad SMARTS) is 1. The summed E-state index contributed by atoms with van der Waals surface area (Å²) in [6.45, 7) is 3.54. The number of quaternary nitrogens is 1. The highest BCUT2D eigenvalue weighted by Gasteiger charge is 2.43. The molecule has 0 heterocycles. The van der Waals surface area contributed by atoms with Gasteiger partial charge in [0.05, 0.1) is 0 Å². The molecule has 21 heavy (non-hydrogen) atoms. The molecule has 5 nitrogen and oxygen atoms in total. The Balaban J connectivity index is 2.60. The van der Waals surface area contributed by atoms with Gasteiger partial charge in [0.1, 0.15) is 0 Å². The number of hydrogen-bond acceptors (Lipinski definition) is 2. The highest BCUT2D eigenvalue weighted by atomic mass is 31.2. The molecule has 0 aromatic heterocycles. The van der Waals surface area contributed by atoms with Gasteiger partial charge in [0.25, 0.3) is 0 Å². The molecule has 0 spiro atoms. The second-order valence-electron chi connectivity index (χ2n) is 5.90. The summed E-state index contributed by atoms with van der Waals surface area (Å²) in [6.07, 6.45) is 0.800. The lowest BCUT2D eigenvalue weighted by Crippen LogP contribution is -2.79. The highest BCUT2D eigenvalue weighted by molar-refractivity contribution is 7.57. The predicted molar refractivity (Wildman–Crippen MR) is 82.4 cm³/mol. The molecule has 0 radical (unpaired) electrons. The number of hydrogen-bond donors (Lipinski definition) is 3. The van der Waals surface area contributed by atoms with E-state index in [1.807, 2.05) is 30.3 Å². The van der Waals surface area contributed by atoms with Crippen LogP contribution in [0.25, 0.3) is 0 Å². The van der Waals surface area contributed by atoms with Crippen LogP contribution >= 0.6 is 7.37 Å². The maximum Gasteiger partial charge on any atom is 0.365 e. The van der Waals surface area contributed by atoms with Crippen LogP contribution in [0.1, 0.15) is 25.8 Å². The van der Waals surface area contributed by atoms with Gasteiger partial charge in [-0.2, -0.15) is 0 Å². The summed E-state index contributed by atoms with van der Waals surface area (Å²) in [6, 6.07) is 9.51. The van der Waals surface area contributed by atoms with Gasteiger partial charge in [0.15, 0.2) is 5.54 Å². The van der Waals surface area contributed by atoms with Crippen molar-refractivity contribution in [3.05, 3.63) is 35.9 Å². The van der Waals surface area contributed by atoms with Gasteiger partial charge in [-0.05, 0) is 12.0 Å². The van der Waals surface area contributed by atoms with Crippen molar-refractivity contribution in [2.75, 3.05) is 12.3 Å². The number of carbonyl (C=O) groups is 1. The van der Waals surface area contributed by atoms with Gasteiger partial charge in [-0.25, -0.2) is 4.79 Å². The van der Waals surface area contributed by atoms with E-state index in [2.05, 4.69) is 5.73 Å². The first-order chi connectivity index (χ1) is 9.67. The van der Waals surface area contributed by atoms with Crippen LogP contribution in [-0.4, -0.2) is 33.8 Å². The first-order valence-electron chi connectivity index (χ1n) is 7.11. The summed E-state index contributed by atoms with van der Waals surface area (Å²) < 4.78 is 12.2. The lowest BCUT2D eigenvalue weighted by molar-refractivity contribution is -0.474. The summed E-state index contributed by atoms with van der Waals surface area (Å²) in [5, 5.41) is 9.27. The van der Waals surface area contributed by atoms with Gasteiger partial charge >= 0.3 is 5.97 Å². The Morgan fingerprint density at radius 1 is 1.29 bits per heavy atom. The first kappa shape index (κ1) is 17.9. The zero-order valence-corrected chi connectivity index (χ0v) is 13.6. The molecule has 0 aliphatic heterocycles. The van der Waals surface area contributed by atoms with E-state index in [9.17, 15) is 19.4 Å². The number of carboxylic acids is 1. The maximum atomic E-state index is 12.2. The smallest absolute Gasteiger partial charge is 0.365 e. The van der Waals surface area contributed by atoms with Crippen LogP contribution < -0.4 is 5.73 Å². The summed E-state index contributed by atoms with van der Waals surface area (Å²) >= 11 is 0. The Morgan fingerprint density at radius 2 is 1.86 bits per heavy atom. The fourth-order valence-corrected chi connectivity index (χ4v) is 3.66. The maximum absolute atomic E-state index is 12.2. The molecule has 0 fully saturated rings. The Hall–Kier alpha value is -1.16. The molecule has 0 bridgehead atoms. The molecule has 5 N–H and O–H groups in total. The summed E-state index contributed by atoms with van der Waals surface area (Å²) in [5.74, 6) is -1.20. The second-order valence-corrected chi connectivity index (χ2v) is 8.48. The third kappa shape index (κ3) is 5.27. The van der Waals surface area contributed by atoms with Gasteiger partial charge in [0, 0.05) is 24.7 Å². The summed E-state index contributed by atoms with van der Waals surface area (Å²) in [5.41, 5.74) is 3.56. The second kappa shape index (κ2) is 7.21. The standard InChI is InChI=1S/C15H24NO4P/c1-12(2)15(16,14(17)18)9-11-21(19,20)10-8-13-6-4-3-5-7-13/h3-7,12H,8-11,16H2,1-2H3,(H,17,18)(H,19,20)/p+1. The van der Waals surface area contributed by atoms with E-state index in [-0.39, 0.29) is 24.7 Å². The minimum atomic E-state index is -3.34. The molecule has 118 valence electrons. The van der Waals surface area contributed by atoms with Crippen molar-refractivity contribution in [3.63, 3.8) is 0 Å². The fourth-order valence-electron chi connectivity index (χ4n) is 2.08. The van der Waals surface area contributed by atoms with Crippen molar-refractivity contribution in [2.24, 2.45) is 5.92 Å². The van der Waals surface area contributed by atoms with Gasteiger partial charge in [-0.1, -0.05) is 44.2 Å². The van der Waals surface area contributed by atoms with E-state index in [1.165, 1.54) is 0 Å². The molecule has 0 saturated heterocycles. The molecular formula is C15H25NO4P+. The van der Waals surface area contributed by atoms with E-state index < -0.39 is 18.9 Å². The topological polar surface area (TPSA) is 102 Å². The number of benzene rings is 1. The van der Waals surface area contributed by atoms with Crippen molar-refractivity contribution in [1.82, 2.24) is 0 Å². The van der Waals surface area contributed by atoms with Crippen molar-refractivity contribution in [1.29, 1.82) is 0 Å². The number of rotatable bonds is 8. The molecule has 0 aliphatic rings. The lowest BCUT2D eigenvalue weighted by Gasteiger charge is -2.26. The molecular weight excluding hydrogens is 289 g/mol. The van der Waals surface area contributed by atoms with Crippen molar-refractivity contribution in [2.45, 2.75) is 32.2 Å².